The molecule has 0 amide bonds. The van der Waals surface area contributed by atoms with Gasteiger partial charge in [0.05, 0.1) is 0 Å². The molecule has 0 N–H and O–H groups in total. The maximum atomic E-state index is 2.51. The van der Waals surface area contributed by atoms with Crippen molar-refractivity contribution in [2.45, 2.75) is 259 Å². The molecule has 0 radical (unpaired) electrons. The van der Waals surface area contributed by atoms with Gasteiger partial charge < -0.3 is 0 Å². The zero-order chi connectivity index (χ0) is 31.5. The van der Waals surface area contributed by atoms with E-state index in [9.17, 15) is 0 Å². The first kappa shape index (κ1) is 43.0. The molecular weight excluding hydrogens is 516 g/mol. The van der Waals surface area contributed by atoms with Crippen LogP contribution in [0.5, 0.6) is 0 Å². The minimum Gasteiger partial charge on any atom is -0.0654 e. The van der Waals surface area contributed by atoms with Crippen LogP contribution in [0.15, 0.2) is 0 Å². The molecule has 0 aromatic carbocycles. The van der Waals surface area contributed by atoms with Crippen LogP contribution in [0, 0.1) is 17.8 Å². The molecule has 0 aromatic rings. The van der Waals surface area contributed by atoms with Crippen LogP contribution < -0.4 is 0 Å². The van der Waals surface area contributed by atoms with Crippen LogP contribution >= 0.6 is 0 Å². The topological polar surface area (TPSA) is 0 Å². The van der Waals surface area contributed by atoms with E-state index in [0.717, 1.165) is 17.8 Å². The fourth-order valence-corrected chi connectivity index (χ4v) is 7.25. The third kappa shape index (κ3) is 36.3. The highest BCUT2D eigenvalue weighted by Crippen LogP contribution is 2.22. The number of hydrogen-bond donors (Lipinski definition) is 0. The Morgan fingerprint density at radius 2 is 0.372 bits per heavy atom. The molecule has 0 bridgehead atoms. The Labute approximate surface area is 276 Å². The molecule has 0 spiro atoms. The summed E-state index contributed by atoms with van der Waals surface area (Å²) in [4.78, 5) is 0. The molecule has 3 unspecified atom stereocenters. The molecular formula is C43H88. The van der Waals surface area contributed by atoms with Crippen molar-refractivity contribution in [3.63, 3.8) is 0 Å². The average molecular weight is 605 g/mol. The summed E-state index contributed by atoms with van der Waals surface area (Å²) in [5.41, 5.74) is 0. The van der Waals surface area contributed by atoms with E-state index in [4.69, 9.17) is 0 Å². The van der Waals surface area contributed by atoms with Crippen LogP contribution in [0.4, 0.5) is 0 Å². The van der Waals surface area contributed by atoms with Crippen LogP contribution in [0.1, 0.15) is 259 Å². The zero-order valence-corrected chi connectivity index (χ0v) is 31.5. The average Bonchev–Trinajstić information content (AvgIpc) is 3.00. The molecule has 0 nitrogen and oxygen atoms in total. The Balaban J connectivity index is 3.25. The predicted octanol–water partition coefficient (Wildman–Crippen LogP) is 16.6. The van der Waals surface area contributed by atoms with Gasteiger partial charge in [0.1, 0.15) is 0 Å². The molecule has 43 heavy (non-hydrogen) atoms. The fourth-order valence-electron chi connectivity index (χ4n) is 7.25. The third-order valence-corrected chi connectivity index (χ3v) is 10.6. The first-order chi connectivity index (χ1) is 21.1. The maximum Gasteiger partial charge on any atom is -0.0443 e. The summed E-state index contributed by atoms with van der Waals surface area (Å²) in [5, 5.41) is 0. The smallest absolute Gasteiger partial charge is 0.0443 e. The quantitative estimate of drug-likeness (QED) is 0.0619. The van der Waals surface area contributed by atoms with Gasteiger partial charge in [-0.25, -0.2) is 0 Å². The maximum absolute atomic E-state index is 2.51. The summed E-state index contributed by atoms with van der Waals surface area (Å²) in [7, 11) is 0. The molecule has 0 saturated carbocycles. The fraction of sp³-hybridized carbons (Fsp3) is 1.00. The van der Waals surface area contributed by atoms with Gasteiger partial charge in [0.2, 0.25) is 0 Å². The molecule has 260 valence electrons. The SMILES string of the molecule is CCCCCCCCCCCCC(C)CCCCCCCCCCCCCCCC(C)CCCC(C)CCCCCCC. The highest BCUT2D eigenvalue weighted by molar-refractivity contribution is 4.60. The van der Waals surface area contributed by atoms with Crippen LogP contribution in [0.2, 0.25) is 0 Å². The second-order valence-corrected chi connectivity index (χ2v) is 15.6. The second kappa shape index (κ2) is 36.5. The monoisotopic (exact) mass is 605 g/mol. The lowest BCUT2D eigenvalue weighted by Crippen LogP contribution is -1.99. The van der Waals surface area contributed by atoms with Crippen molar-refractivity contribution in [2.75, 3.05) is 0 Å². The van der Waals surface area contributed by atoms with E-state index in [-0.39, 0.29) is 0 Å². The second-order valence-electron chi connectivity index (χ2n) is 15.6. The van der Waals surface area contributed by atoms with Crippen LogP contribution in [0.25, 0.3) is 0 Å². The largest absolute Gasteiger partial charge is 0.0654 e. The van der Waals surface area contributed by atoms with Crippen LogP contribution in [-0.4, -0.2) is 0 Å². The Hall–Kier alpha value is 0. The highest BCUT2D eigenvalue weighted by Gasteiger charge is 2.06. The van der Waals surface area contributed by atoms with Crippen LogP contribution in [-0.2, 0) is 0 Å². The van der Waals surface area contributed by atoms with E-state index in [0.29, 0.717) is 0 Å². The van der Waals surface area contributed by atoms with Gasteiger partial charge in [-0.1, -0.05) is 259 Å². The molecule has 0 fully saturated rings. The zero-order valence-electron chi connectivity index (χ0n) is 31.5. The van der Waals surface area contributed by atoms with E-state index >= 15 is 0 Å². The number of hydrogen-bond acceptors (Lipinski definition) is 0. The van der Waals surface area contributed by atoms with Gasteiger partial charge in [0.15, 0.2) is 0 Å². The summed E-state index contributed by atoms with van der Waals surface area (Å²) in [6.07, 6.45) is 51.5. The minimum absolute atomic E-state index is 0.953. The normalized spacial score (nSPS) is 13.9. The Morgan fingerprint density at radius 3 is 0.581 bits per heavy atom. The van der Waals surface area contributed by atoms with Gasteiger partial charge in [-0.05, 0) is 17.8 Å². The first-order valence-electron chi connectivity index (χ1n) is 21.1. The lowest BCUT2D eigenvalue weighted by molar-refractivity contribution is 0.391. The van der Waals surface area contributed by atoms with E-state index in [1.54, 1.807) is 0 Å². The summed E-state index contributed by atoms with van der Waals surface area (Å²) < 4.78 is 0. The van der Waals surface area contributed by atoms with E-state index in [1.807, 2.05) is 0 Å². The van der Waals surface area contributed by atoms with Gasteiger partial charge in [-0.2, -0.15) is 0 Å². The summed E-state index contributed by atoms with van der Waals surface area (Å²) in [6, 6.07) is 0. The van der Waals surface area contributed by atoms with E-state index in [1.165, 1.54) is 225 Å². The van der Waals surface area contributed by atoms with Gasteiger partial charge in [0.25, 0.3) is 0 Å². The molecule has 3 atom stereocenters. The van der Waals surface area contributed by atoms with Crippen molar-refractivity contribution in [1.29, 1.82) is 0 Å². The summed E-state index contributed by atoms with van der Waals surface area (Å²) in [5.74, 6) is 2.87. The van der Waals surface area contributed by atoms with Crippen molar-refractivity contribution in [1.82, 2.24) is 0 Å². The number of rotatable bonds is 37. The molecule has 0 aliphatic rings. The van der Waals surface area contributed by atoms with E-state index in [2.05, 4.69) is 34.6 Å². The van der Waals surface area contributed by atoms with Crippen molar-refractivity contribution in [3.8, 4) is 0 Å². The molecule has 0 aromatic heterocycles. The lowest BCUT2D eigenvalue weighted by Gasteiger charge is -2.14. The summed E-state index contributed by atoms with van der Waals surface area (Å²) in [6.45, 7) is 12.1. The Kier molecular flexibility index (Phi) is 36.5. The standard InChI is InChI=1S/C43H88/c1-6-8-10-12-13-14-20-23-27-31-35-41(3)36-32-28-24-21-18-16-15-17-19-22-25-29-33-38-43(5)40-34-39-42(4)37-30-26-11-9-7-2/h41-43H,6-40H2,1-5H3. The summed E-state index contributed by atoms with van der Waals surface area (Å²) >= 11 is 0. The Morgan fingerprint density at radius 1 is 0.209 bits per heavy atom. The molecule has 0 heterocycles. The van der Waals surface area contributed by atoms with Gasteiger partial charge >= 0.3 is 0 Å². The number of unbranched alkanes of at least 4 members (excludes halogenated alkanes) is 25. The van der Waals surface area contributed by atoms with Crippen molar-refractivity contribution >= 4 is 0 Å². The van der Waals surface area contributed by atoms with Gasteiger partial charge in [-0.3, -0.25) is 0 Å². The van der Waals surface area contributed by atoms with Crippen molar-refractivity contribution in [2.24, 2.45) is 17.8 Å². The third-order valence-electron chi connectivity index (χ3n) is 10.6. The molecule has 0 heteroatoms. The van der Waals surface area contributed by atoms with Gasteiger partial charge in [0, 0.05) is 0 Å². The molecule has 0 saturated heterocycles. The van der Waals surface area contributed by atoms with Gasteiger partial charge in [-0.15, -0.1) is 0 Å². The first-order valence-corrected chi connectivity index (χ1v) is 21.1. The molecule has 0 aliphatic carbocycles. The van der Waals surface area contributed by atoms with Crippen molar-refractivity contribution < 1.29 is 0 Å². The van der Waals surface area contributed by atoms with Crippen molar-refractivity contribution in [3.05, 3.63) is 0 Å². The van der Waals surface area contributed by atoms with E-state index < -0.39 is 0 Å². The van der Waals surface area contributed by atoms with Crippen LogP contribution in [0.3, 0.4) is 0 Å². The molecule has 0 rings (SSSR count). The lowest BCUT2D eigenvalue weighted by atomic mass is 9.92. The minimum atomic E-state index is 0.953. The predicted molar refractivity (Wildman–Crippen MR) is 200 cm³/mol. The highest BCUT2D eigenvalue weighted by atomic mass is 14.1. The Bertz CT molecular complexity index is 480. The molecule has 0 aliphatic heterocycles.